The highest BCUT2D eigenvalue weighted by atomic mass is 16.5. The number of hydrogen-bond donors (Lipinski definition) is 1. The van der Waals surface area contributed by atoms with Gasteiger partial charge < -0.3 is 14.5 Å². The average Bonchev–Trinajstić information content (AvgIpc) is 3.21. The van der Waals surface area contributed by atoms with Gasteiger partial charge in [-0.2, -0.15) is 0 Å². The number of benzene rings is 2. The molecule has 0 aliphatic rings. The van der Waals surface area contributed by atoms with Crippen molar-refractivity contribution in [2.45, 2.75) is 39.5 Å². The Kier molecular flexibility index (Phi) is 6.75. The topological polar surface area (TPSA) is 51.3 Å². The van der Waals surface area contributed by atoms with E-state index in [4.69, 9.17) is 9.47 Å². The molecule has 3 aromatic rings. The van der Waals surface area contributed by atoms with Crippen LogP contribution in [0.5, 0.6) is 5.75 Å². The van der Waals surface area contributed by atoms with Gasteiger partial charge in [-0.3, -0.25) is 4.79 Å². The lowest BCUT2D eigenvalue weighted by Crippen LogP contribution is -2.10. The van der Waals surface area contributed by atoms with E-state index in [-0.39, 0.29) is 5.97 Å². The van der Waals surface area contributed by atoms with Gasteiger partial charge in [0.25, 0.3) is 0 Å². The van der Waals surface area contributed by atoms with Gasteiger partial charge in [-0.05, 0) is 59.2 Å². The minimum atomic E-state index is -0.190. The first-order valence-corrected chi connectivity index (χ1v) is 10.0. The van der Waals surface area contributed by atoms with Crippen molar-refractivity contribution in [3.05, 3.63) is 54.2 Å². The average molecular weight is 380 g/mol. The number of carbonyl (C=O) groups is 1. The summed E-state index contributed by atoms with van der Waals surface area (Å²) in [6.07, 6.45) is 5.20. The van der Waals surface area contributed by atoms with Crippen LogP contribution < -0.4 is 4.74 Å². The molecule has 4 nitrogen and oxygen atoms in total. The molecule has 2 aromatic carbocycles. The third-order valence-electron chi connectivity index (χ3n) is 5.38. The molecule has 0 bridgehead atoms. The molecule has 0 spiro atoms. The number of hydrogen-bond acceptors (Lipinski definition) is 3. The fourth-order valence-corrected chi connectivity index (χ4v) is 3.39. The van der Waals surface area contributed by atoms with E-state index in [1.54, 1.807) is 0 Å². The Labute approximate surface area is 166 Å². The zero-order chi connectivity index (χ0) is 19.9. The van der Waals surface area contributed by atoms with E-state index in [1.807, 2.05) is 18.3 Å². The second-order valence-electron chi connectivity index (χ2n) is 7.18. The Hall–Kier alpha value is -2.75. The van der Waals surface area contributed by atoms with Crippen molar-refractivity contribution in [1.29, 1.82) is 0 Å². The van der Waals surface area contributed by atoms with Gasteiger partial charge in [0.15, 0.2) is 0 Å². The van der Waals surface area contributed by atoms with Gasteiger partial charge in [0, 0.05) is 23.7 Å². The summed E-state index contributed by atoms with van der Waals surface area (Å²) in [6.45, 7) is 5.12. The first-order chi connectivity index (χ1) is 13.6. The molecule has 0 fully saturated rings. The molecule has 148 valence electrons. The highest BCUT2D eigenvalue weighted by Gasteiger charge is 2.12. The van der Waals surface area contributed by atoms with Crippen LogP contribution in [0.3, 0.4) is 0 Å². The number of methoxy groups -OCH3 is 1. The number of nitrogens with one attached hydrogen (secondary N) is 1. The summed E-state index contributed by atoms with van der Waals surface area (Å²) in [5, 5.41) is 1.17. The summed E-state index contributed by atoms with van der Waals surface area (Å²) in [5.74, 6) is 1.26. The van der Waals surface area contributed by atoms with Crippen molar-refractivity contribution in [2.24, 2.45) is 5.92 Å². The lowest BCUT2D eigenvalue weighted by molar-refractivity contribution is -0.140. The van der Waals surface area contributed by atoms with Crippen molar-refractivity contribution in [1.82, 2.24) is 4.98 Å². The van der Waals surface area contributed by atoms with Crippen LogP contribution >= 0.6 is 0 Å². The number of carbonyl (C=O) groups excluding carboxylic acids is 1. The Morgan fingerprint density at radius 3 is 2.64 bits per heavy atom. The monoisotopic (exact) mass is 379 g/mol. The van der Waals surface area contributed by atoms with Gasteiger partial charge in [-0.15, -0.1) is 0 Å². The molecule has 0 saturated carbocycles. The maximum Gasteiger partial charge on any atom is 0.305 e. The second-order valence-corrected chi connectivity index (χ2v) is 7.18. The van der Waals surface area contributed by atoms with Crippen LogP contribution in [0.4, 0.5) is 0 Å². The molecule has 1 N–H and O–H groups in total. The predicted octanol–water partition coefficient (Wildman–Crippen LogP) is 5.76. The molecule has 0 radical (unpaired) electrons. The van der Waals surface area contributed by atoms with Crippen molar-refractivity contribution in [3.8, 4) is 16.9 Å². The first kappa shape index (κ1) is 20.0. The number of rotatable bonds is 9. The molecular formula is C24H29NO3. The van der Waals surface area contributed by atoms with Gasteiger partial charge in [0.2, 0.25) is 0 Å². The zero-order valence-corrected chi connectivity index (χ0v) is 17.0. The van der Waals surface area contributed by atoms with Crippen molar-refractivity contribution in [2.75, 3.05) is 13.7 Å². The quantitative estimate of drug-likeness (QED) is 0.481. The highest BCUT2D eigenvalue weighted by Crippen LogP contribution is 2.34. The normalized spacial score (nSPS) is 11.1. The van der Waals surface area contributed by atoms with Gasteiger partial charge in [0.05, 0.1) is 13.7 Å². The van der Waals surface area contributed by atoms with Crippen LogP contribution in [0, 0.1) is 5.92 Å². The minimum absolute atomic E-state index is 0.190. The summed E-state index contributed by atoms with van der Waals surface area (Å²) >= 11 is 0. The zero-order valence-electron chi connectivity index (χ0n) is 17.0. The maximum absolute atomic E-state index is 11.5. The van der Waals surface area contributed by atoms with E-state index < -0.39 is 0 Å². The fourth-order valence-electron chi connectivity index (χ4n) is 3.39. The summed E-state index contributed by atoms with van der Waals surface area (Å²) in [5.41, 5.74) is 4.40. The first-order valence-electron chi connectivity index (χ1n) is 10.0. The Balaban J connectivity index is 1.92. The Morgan fingerprint density at radius 2 is 1.89 bits per heavy atom. The molecule has 1 heterocycles. The molecule has 4 heteroatoms. The number of aromatic amines is 1. The molecule has 0 aliphatic carbocycles. The van der Waals surface area contributed by atoms with E-state index in [1.165, 1.54) is 12.5 Å². The maximum atomic E-state index is 11.5. The van der Waals surface area contributed by atoms with Crippen molar-refractivity contribution < 1.29 is 14.3 Å². The van der Waals surface area contributed by atoms with Crippen molar-refractivity contribution in [3.63, 3.8) is 0 Å². The molecule has 0 atom stereocenters. The van der Waals surface area contributed by atoms with E-state index in [2.05, 4.69) is 49.2 Å². The van der Waals surface area contributed by atoms with Crippen molar-refractivity contribution >= 4 is 16.9 Å². The predicted molar refractivity (Wildman–Crippen MR) is 114 cm³/mol. The van der Waals surface area contributed by atoms with Crippen LogP contribution in [-0.4, -0.2) is 24.7 Å². The fraction of sp³-hybridized carbons (Fsp3) is 0.375. The van der Waals surface area contributed by atoms with Crippen LogP contribution in [-0.2, 0) is 16.0 Å². The van der Waals surface area contributed by atoms with Crippen LogP contribution in [0.2, 0.25) is 0 Å². The highest BCUT2D eigenvalue weighted by molar-refractivity contribution is 5.86. The Morgan fingerprint density at radius 1 is 1.07 bits per heavy atom. The molecular weight excluding hydrogens is 350 g/mol. The number of ether oxygens (including phenoxy) is 2. The van der Waals surface area contributed by atoms with E-state index in [0.717, 1.165) is 40.8 Å². The third-order valence-corrected chi connectivity index (χ3v) is 5.38. The molecule has 0 amide bonds. The largest absolute Gasteiger partial charge is 0.493 e. The standard InChI is InChI=1S/C24H29NO3/c1-4-17(5-2)16-28-23-10-6-18(7-11-24(26)27-3)14-21(23)19-8-9-22-20(15-19)12-13-25-22/h6,8-10,12-15,17,25H,4-5,7,11,16H2,1-3H3. The van der Waals surface area contributed by atoms with E-state index in [9.17, 15) is 4.79 Å². The van der Waals surface area contributed by atoms with E-state index >= 15 is 0 Å². The number of esters is 1. The number of H-pyrrole nitrogens is 1. The molecule has 3 rings (SSSR count). The van der Waals surface area contributed by atoms with E-state index in [0.29, 0.717) is 25.4 Å². The molecule has 0 unspecified atom stereocenters. The third kappa shape index (κ3) is 4.75. The SMILES string of the molecule is CCC(CC)COc1ccc(CCC(=O)OC)cc1-c1ccc2[nH]ccc2c1. The summed E-state index contributed by atoms with van der Waals surface area (Å²) in [7, 11) is 1.43. The number of aryl methyl sites for hydroxylation is 1. The van der Waals surface area contributed by atoms with Crippen LogP contribution in [0.15, 0.2) is 48.7 Å². The van der Waals surface area contributed by atoms with Gasteiger partial charge in [0.1, 0.15) is 5.75 Å². The second kappa shape index (κ2) is 9.45. The molecule has 0 saturated heterocycles. The van der Waals surface area contributed by atoms with Gasteiger partial charge >= 0.3 is 5.97 Å². The summed E-state index contributed by atoms with van der Waals surface area (Å²) in [4.78, 5) is 14.8. The minimum Gasteiger partial charge on any atom is -0.493 e. The Bertz CT molecular complexity index is 924. The number of aromatic nitrogens is 1. The molecule has 28 heavy (non-hydrogen) atoms. The smallest absolute Gasteiger partial charge is 0.305 e. The lowest BCUT2D eigenvalue weighted by Gasteiger charge is -2.17. The van der Waals surface area contributed by atoms with Gasteiger partial charge in [-0.1, -0.05) is 38.8 Å². The molecule has 0 aliphatic heterocycles. The molecule has 1 aromatic heterocycles. The van der Waals surface area contributed by atoms with Crippen LogP contribution in [0.25, 0.3) is 22.0 Å². The summed E-state index contributed by atoms with van der Waals surface area (Å²) in [6, 6.07) is 14.7. The number of fused-ring (bicyclic) bond motifs is 1. The van der Waals surface area contributed by atoms with Gasteiger partial charge in [-0.25, -0.2) is 0 Å². The lowest BCUT2D eigenvalue weighted by atomic mass is 9.98. The van der Waals surface area contributed by atoms with Crippen LogP contribution in [0.1, 0.15) is 38.7 Å². The summed E-state index contributed by atoms with van der Waals surface area (Å²) < 4.78 is 11.0.